The lowest BCUT2D eigenvalue weighted by molar-refractivity contribution is 0.373. The van der Waals surface area contributed by atoms with Crippen molar-refractivity contribution in [3.05, 3.63) is 10.7 Å². The molecule has 0 aliphatic carbocycles. The van der Waals surface area contributed by atoms with E-state index >= 15 is 0 Å². The van der Waals surface area contributed by atoms with Crippen molar-refractivity contribution in [3.8, 4) is 12.0 Å². The van der Waals surface area contributed by atoms with Gasteiger partial charge in [-0.25, -0.2) is 0 Å². The van der Waals surface area contributed by atoms with E-state index in [9.17, 15) is 0 Å². The third-order valence-corrected chi connectivity index (χ3v) is 1.65. The van der Waals surface area contributed by atoms with Gasteiger partial charge in [-0.15, -0.1) is 4.98 Å². The van der Waals surface area contributed by atoms with E-state index < -0.39 is 12.0 Å². The Bertz CT molecular complexity index is 440. The first-order valence-electron chi connectivity index (χ1n) is 2.98. The summed E-state index contributed by atoms with van der Waals surface area (Å²) in [4.78, 5) is 6.91. The zero-order valence-corrected chi connectivity index (χ0v) is 7.22. The molecular formula is C5H3BrN4O2. The summed E-state index contributed by atoms with van der Waals surface area (Å²) < 4.78 is 1.61. The third-order valence-electron chi connectivity index (χ3n) is 1.26. The smallest absolute Gasteiger partial charge is 0.321 e. The number of fused-ring (bicyclic) bond motifs is 1. The highest BCUT2D eigenvalue weighted by atomic mass is 79.9. The van der Waals surface area contributed by atoms with Crippen molar-refractivity contribution < 1.29 is 10.2 Å². The lowest BCUT2D eigenvalue weighted by Crippen LogP contribution is -1.93. The molecule has 0 aliphatic heterocycles. The van der Waals surface area contributed by atoms with Gasteiger partial charge in [0.15, 0.2) is 5.65 Å². The molecule has 0 saturated carbocycles. The molecule has 2 aromatic rings. The van der Waals surface area contributed by atoms with E-state index in [1.165, 1.54) is 0 Å². The van der Waals surface area contributed by atoms with Crippen LogP contribution in [0.2, 0.25) is 0 Å². The summed E-state index contributed by atoms with van der Waals surface area (Å²) >= 11 is 3.09. The van der Waals surface area contributed by atoms with Crippen LogP contribution in [-0.2, 0) is 0 Å². The number of nitrogens with zero attached hydrogens (tertiary/aromatic N) is 4. The molecule has 62 valence electrons. The molecular weight excluding hydrogens is 228 g/mol. The molecule has 7 heteroatoms. The molecule has 0 spiro atoms. The summed E-state index contributed by atoms with van der Waals surface area (Å²) in [6.07, 6.45) is 0. The van der Waals surface area contributed by atoms with Crippen LogP contribution in [0, 0.1) is 0 Å². The average Bonchev–Trinajstić information content (AvgIpc) is 2.29. The Kier molecular flexibility index (Phi) is 1.40. The second-order valence-electron chi connectivity index (χ2n) is 2.06. The standard InChI is InChI=1S/C5H3BrN4O2/c6-2-1-3-7-4(11)8-5(12)10(3)9-2/h1H,(H2,7,8,11,12). The van der Waals surface area contributed by atoms with Gasteiger partial charge in [-0.2, -0.15) is 14.6 Å². The van der Waals surface area contributed by atoms with E-state index in [0.717, 1.165) is 4.52 Å². The van der Waals surface area contributed by atoms with Gasteiger partial charge in [-0.1, -0.05) is 0 Å². The van der Waals surface area contributed by atoms with Crippen molar-refractivity contribution in [3.63, 3.8) is 0 Å². The molecule has 0 saturated heterocycles. The molecule has 6 nitrogen and oxygen atoms in total. The third kappa shape index (κ3) is 0.981. The van der Waals surface area contributed by atoms with Crippen molar-refractivity contribution >= 4 is 21.6 Å². The van der Waals surface area contributed by atoms with Crippen LogP contribution < -0.4 is 0 Å². The van der Waals surface area contributed by atoms with Crippen LogP contribution in [0.25, 0.3) is 5.65 Å². The summed E-state index contributed by atoms with van der Waals surface area (Å²) in [5.74, 6) is 0. The van der Waals surface area contributed by atoms with E-state index in [2.05, 4.69) is 31.0 Å². The fourth-order valence-corrected chi connectivity index (χ4v) is 1.20. The molecule has 0 fully saturated rings. The summed E-state index contributed by atoms with van der Waals surface area (Å²) in [6, 6.07) is 0.664. The number of rotatable bonds is 0. The highest BCUT2D eigenvalue weighted by Gasteiger charge is 2.07. The SMILES string of the molecule is Oc1nc(O)n2nc(Br)cc2n1. The first kappa shape index (κ1) is 7.29. The van der Waals surface area contributed by atoms with Crippen molar-refractivity contribution in [2.24, 2.45) is 0 Å². The molecule has 2 aromatic heterocycles. The maximum atomic E-state index is 9.13. The Morgan fingerprint density at radius 3 is 2.83 bits per heavy atom. The van der Waals surface area contributed by atoms with Crippen LogP contribution in [0.3, 0.4) is 0 Å². The number of aromatic hydroxyl groups is 2. The fourth-order valence-electron chi connectivity index (χ4n) is 0.834. The van der Waals surface area contributed by atoms with Gasteiger partial charge < -0.3 is 10.2 Å². The van der Waals surface area contributed by atoms with Gasteiger partial charge in [0.1, 0.15) is 4.60 Å². The Morgan fingerprint density at radius 2 is 2.08 bits per heavy atom. The molecule has 0 atom stereocenters. The minimum atomic E-state index is -0.479. The minimum absolute atomic E-state index is 0.326. The fraction of sp³-hybridized carbons (Fsp3) is 0. The minimum Gasteiger partial charge on any atom is -0.479 e. The largest absolute Gasteiger partial charge is 0.479 e. The number of hydrogen-bond donors (Lipinski definition) is 2. The monoisotopic (exact) mass is 230 g/mol. The maximum Gasteiger partial charge on any atom is 0.321 e. The van der Waals surface area contributed by atoms with Crippen molar-refractivity contribution in [2.45, 2.75) is 0 Å². The summed E-state index contributed by atoms with van der Waals surface area (Å²) in [6.45, 7) is 0. The van der Waals surface area contributed by atoms with E-state index in [4.69, 9.17) is 10.2 Å². The first-order chi connectivity index (χ1) is 5.66. The van der Waals surface area contributed by atoms with E-state index in [1.807, 2.05) is 0 Å². The van der Waals surface area contributed by atoms with Crippen molar-refractivity contribution in [1.82, 2.24) is 19.6 Å². The van der Waals surface area contributed by atoms with Crippen LogP contribution in [0.5, 0.6) is 12.0 Å². The second kappa shape index (κ2) is 2.31. The topological polar surface area (TPSA) is 83.5 Å². The Balaban J connectivity index is 2.88. The highest BCUT2D eigenvalue weighted by Crippen LogP contribution is 2.16. The van der Waals surface area contributed by atoms with Crippen molar-refractivity contribution in [1.29, 1.82) is 0 Å². The van der Waals surface area contributed by atoms with Crippen LogP contribution in [-0.4, -0.2) is 29.8 Å². The molecule has 2 rings (SSSR count). The van der Waals surface area contributed by atoms with E-state index in [0.29, 0.717) is 10.3 Å². The summed E-state index contributed by atoms with van der Waals surface area (Å²) in [7, 11) is 0. The van der Waals surface area contributed by atoms with Gasteiger partial charge >= 0.3 is 12.0 Å². The van der Waals surface area contributed by atoms with Crippen molar-refractivity contribution in [2.75, 3.05) is 0 Å². The molecule has 0 bridgehead atoms. The highest BCUT2D eigenvalue weighted by molar-refractivity contribution is 9.10. The summed E-state index contributed by atoms with van der Waals surface area (Å²) in [5, 5.41) is 21.8. The molecule has 0 aliphatic rings. The zero-order valence-electron chi connectivity index (χ0n) is 5.64. The molecule has 0 amide bonds. The Morgan fingerprint density at radius 1 is 1.33 bits per heavy atom. The number of aromatic nitrogens is 4. The van der Waals surface area contributed by atoms with Crippen LogP contribution in [0.4, 0.5) is 0 Å². The van der Waals surface area contributed by atoms with Gasteiger partial charge in [-0.3, -0.25) is 0 Å². The van der Waals surface area contributed by atoms with Gasteiger partial charge in [0.25, 0.3) is 0 Å². The van der Waals surface area contributed by atoms with Gasteiger partial charge in [0.2, 0.25) is 0 Å². The van der Waals surface area contributed by atoms with Crippen LogP contribution in [0.1, 0.15) is 0 Å². The average molecular weight is 231 g/mol. The normalized spacial score (nSPS) is 10.8. The Hall–Kier alpha value is -1.37. The molecule has 2 N–H and O–H groups in total. The maximum absolute atomic E-state index is 9.13. The van der Waals surface area contributed by atoms with Gasteiger partial charge in [-0.05, 0) is 15.9 Å². The van der Waals surface area contributed by atoms with Crippen LogP contribution >= 0.6 is 15.9 Å². The van der Waals surface area contributed by atoms with Gasteiger partial charge in [0.05, 0.1) is 0 Å². The molecule has 0 radical (unpaired) electrons. The molecule has 2 heterocycles. The molecule has 12 heavy (non-hydrogen) atoms. The Labute approximate surface area is 74.6 Å². The second-order valence-corrected chi connectivity index (χ2v) is 2.87. The molecule has 0 aromatic carbocycles. The van der Waals surface area contributed by atoms with E-state index in [-0.39, 0.29) is 0 Å². The predicted octanol–water partition coefficient (Wildman–Crippen LogP) is 0.298. The quantitative estimate of drug-likeness (QED) is 0.681. The van der Waals surface area contributed by atoms with E-state index in [1.54, 1.807) is 6.07 Å². The zero-order chi connectivity index (χ0) is 8.72. The van der Waals surface area contributed by atoms with Crippen LogP contribution in [0.15, 0.2) is 10.7 Å². The summed E-state index contributed by atoms with van der Waals surface area (Å²) in [5.41, 5.74) is 0.326. The lowest BCUT2D eigenvalue weighted by Gasteiger charge is -1.94. The number of hydrogen-bond acceptors (Lipinski definition) is 5. The number of halogens is 1. The first-order valence-corrected chi connectivity index (χ1v) is 3.77. The van der Waals surface area contributed by atoms with Gasteiger partial charge in [0, 0.05) is 6.07 Å². The lowest BCUT2D eigenvalue weighted by atomic mass is 10.7. The predicted molar refractivity (Wildman–Crippen MR) is 41.8 cm³/mol. The molecule has 0 unspecified atom stereocenters.